The third-order valence-corrected chi connectivity index (χ3v) is 5.38. The van der Waals surface area contributed by atoms with E-state index in [-0.39, 0.29) is 5.91 Å². The molecular formula is C22H25NO2. The average Bonchev–Trinajstić information content (AvgIpc) is 3.48. The second-order valence-corrected chi connectivity index (χ2v) is 7.23. The quantitative estimate of drug-likeness (QED) is 0.790. The van der Waals surface area contributed by atoms with Crippen molar-refractivity contribution in [3.05, 3.63) is 58.7 Å². The Morgan fingerprint density at radius 1 is 1.00 bits per heavy atom. The molecule has 2 aliphatic rings. The largest absolute Gasteiger partial charge is 0.495 e. The summed E-state index contributed by atoms with van der Waals surface area (Å²) in [6.07, 6.45) is 8.45. The van der Waals surface area contributed by atoms with Gasteiger partial charge >= 0.3 is 0 Å². The van der Waals surface area contributed by atoms with Gasteiger partial charge < -0.3 is 10.1 Å². The van der Waals surface area contributed by atoms with Crippen LogP contribution in [-0.4, -0.2) is 13.0 Å². The van der Waals surface area contributed by atoms with E-state index < -0.39 is 0 Å². The van der Waals surface area contributed by atoms with E-state index in [0.29, 0.717) is 11.5 Å². The van der Waals surface area contributed by atoms with Crippen LogP contribution in [0.5, 0.6) is 5.75 Å². The standard InChI is InChI=1S/C22H25NO2/c1-25-21-14-19-6-4-2-3-5-18(19)13-20(21)23-22(24)17-11-9-16(10-12-17)15-7-8-15/h9-15H,2-8H2,1H3,(H,23,24). The lowest BCUT2D eigenvalue weighted by Crippen LogP contribution is -2.13. The number of amides is 1. The summed E-state index contributed by atoms with van der Waals surface area (Å²) in [5.41, 5.74) is 5.53. The molecule has 4 rings (SSSR count). The highest BCUT2D eigenvalue weighted by Gasteiger charge is 2.23. The first-order valence-corrected chi connectivity index (χ1v) is 9.35. The first-order valence-electron chi connectivity index (χ1n) is 9.35. The molecule has 130 valence electrons. The Balaban J connectivity index is 1.56. The van der Waals surface area contributed by atoms with Crippen molar-refractivity contribution in [2.75, 3.05) is 12.4 Å². The SMILES string of the molecule is COc1cc2c(cc1NC(=O)c1ccc(C3CC3)cc1)CCCCC2. The van der Waals surface area contributed by atoms with E-state index in [1.165, 1.54) is 48.8 Å². The van der Waals surface area contributed by atoms with Gasteiger partial charge in [0.15, 0.2) is 0 Å². The molecule has 1 saturated carbocycles. The molecule has 0 aromatic heterocycles. The molecule has 2 aromatic carbocycles. The van der Waals surface area contributed by atoms with Crippen LogP contribution in [0, 0.1) is 0 Å². The Hall–Kier alpha value is -2.29. The summed E-state index contributed by atoms with van der Waals surface area (Å²) in [6.45, 7) is 0. The van der Waals surface area contributed by atoms with Crippen molar-refractivity contribution >= 4 is 11.6 Å². The molecule has 1 N–H and O–H groups in total. The summed E-state index contributed by atoms with van der Waals surface area (Å²) < 4.78 is 5.53. The average molecular weight is 335 g/mol. The number of ether oxygens (including phenoxy) is 1. The number of methoxy groups -OCH3 is 1. The van der Waals surface area contributed by atoms with Crippen molar-refractivity contribution in [1.82, 2.24) is 0 Å². The van der Waals surface area contributed by atoms with Crippen molar-refractivity contribution in [2.24, 2.45) is 0 Å². The van der Waals surface area contributed by atoms with E-state index in [1.807, 2.05) is 12.1 Å². The number of aryl methyl sites for hydroxylation is 2. The van der Waals surface area contributed by atoms with Crippen LogP contribution < -0.4 is 10.1 Å². The van der Waals surface area contributed by atoms with Crippen molar-refractivity contribution in [3.63, 3.8) is 0 Å². The van der Waals surface area contributed by atoms with Gasteiger partial charge in [0.1, 0.15) is 5.75 Å². The summed E-state index contributed by atoms with van der Waals surface area (Å²) in [5, 5.41) is 3.05. The molecule has 0 heterocycles. The number of carbonyl (C=O) groups excluding carboxylic acids is 1. The predicted molar refractivity (Wildman–Crippen MR) is 101 cm³/mol. The monoisotopic (exact) mass is 335 g/mol. The molecule has 1 fully saturated rings. The third kappa shape index (κ3) is 3.55. The fourth-order valence-corrected chi connectivity index (χ4v) is 3.72. The smallest absolute Gasteiger partial charge is 0.255 e. The van der Waals surface area contributed by atoms with E-state index in [4.69, 9.17) is 4.74 Å². The van der Waals surface area contributed by atoms with E-state index in [1.54, 1.807) is 7.11 Å². The van der Waals surface area contributed by atoms with Crippen LogP contribution in [0.3, 0.4) is 0 Å². The predicted octanol–water partition coefficient (Wildman–Crippen LogP) is 5.09. The van der Waals surface area contributed by atoms with Crippen LogP contribution in [-0.2, 0) is 12.8 Å². The number of hydrogen-bond acceptors (Lipinski definition) is 2. The zero-order valence-electron chi connectivity index (χ0n) is 14.8. The second-order valence-electron chi connectivity index (χ2n) is 7.23. The maximum absolute atomic E-state index is 12.6. The second kappa shape index (κ2) is 6.91. The Morgan fingerprint density at radius 2 is 1.68 bits per heavy atom. The first-order chi connectivity index (χ1) is 12.2. The summed E-state index contributed by atoms with van der Waals surface area (Å²) in [4.78, 5) is 12.6. The van der Waals surface area contributed by atoms with Crippen LogP contribution in [0.15, 0.2) is 36.4 Å². The molecule has 0 spiro atoms. The molecule has 3 nitrogen and oxygen atoms in total. The van der Waals surface area contributed by atoms with Crippen LogP contribution >= 0.6 is 0 Å². The van der Waals surface area contributed by atoms with Gasteiger partial charge in [0.05, 0.1) is 12.8 Å². The number of carbonyl (C=O) groups is 1. The fourth-order valence-electron chi connectivity index (χ4n) is 3.72. The Kier molecular flexibility index (Phi) is 4.48. The zero-order chi connectivity index (χ0) is 17.2. The van der Waals surface area contributed by atoms with Gasteiger partial charge in [0, 0.05) is 5.56 Å². The lowest BCUT2D eigenvalue weighted by molar-refractivity contribution is 0.102. The van der Waals surface area contributed by atoms with Crippen LogP contribution in [0.4, 0.5) is 5.69 Å². The zero-order valence-corrected chi connectivity index (χ0v) is 14.8. The Bertz CT molecular complexity index is 775. The lowest BCUT2D eigenvalue weighted by atomic mass is 10.0. The van der Waals surface area contributed by atoms with E-state index in [0.717, 1.165) is 24.3 Å². The van der Waals surface area contributed by atoms with Crippen LogP contribution in [0.25, 0.3) is 0 Å². The van der Waals surface area contributed by atoms with Gasteiger partial charge in [-0.2, -0.15) is 0 Å². The summed E-state index contributed by atoms with van der Waals surface area (Å²) in [7, 11) is 1.67. The molecule has 0 radical (unpaired) electrons. The van der Waals surface area contributed by atoms with E-state index >= 15 is 0 Å². The van der Waals surface area contributed by atoms with Gasteiger partial charge in [-0.25, -0.2) is 0 Å². The molecule has 0 atom stereocenters. The Labute approximate surface area is 149 Å². The van der Waals surface area contributed by atoms with Gasteiger partial charge in [-0.05, 0) is 85.4 Å². The number of hydrogen-bond donors (Lipinski definition) is 1. The lowest BCUT2D eigenvalue weighted by Gasteiger charge is -2.15. The molecule has 3 heteroatoms. The van der Waals surface area contributed by atoms with Crippen molar-refractivity contribution in [2.45, 2.75) is 50.9 Å². The molecule has 0 saturated heterocycles. The summed E-state index contributed by atoms with van der Waals surface area (Å²) in [6, 6.07) is 12.2. The number of anilines is 1. The third-order valence-electron chi connectivity index (χ3n) is 5.38. The highest BCUT2D eigenvalue weighted by molar-refractivity contribution is 6.05. The minimum atomic E-state index is -0.0748. The number of nitrogens with one attached hydrogen (secondary N) is 1. The van der Waals surface area contributed by atoms with Crippen molar-refractivity contribution in [1.29, 1.82) is 0 Å². The normalized spacial score (nSPS) is 16.7. The van der Waals surface area contributed by atoms with Gasteiger partial charge in [-0.1, -0.05) is 18.6 Å². The minimum absolute atomic E-state index is 0.0748. The number of benzene rings is 2. The maximum atomic E-state index is 12.6. The van der Waals surface area contributed by atoms with Gasteiger partial charge in [-0.3, -0.25) is 4.79 Å². The highest BCUT2D eigenvalue weighted by atomic mass is 16.5. The molecule has 0 bridgehead atoms. The van der Waals surface area contributed by atoms with Gasteiger partial charge in [0.2, 0.25) is 0 Å². The maximum Gasteiger partial charge on any atom is 0.255 e. The molecule has 1 amide bonds. The summed E-state index contributed by atoms with van der Waals surface area (Å²) >= 11 is 0. The minimum Gasteiger partial charge on any atom is -0.495 e. The van der Waals surface area contributed by atoms with Crippen LogP contribution in [0.2, 0.25) is 0 Å². The molecule has 25 heavy (non-hydrogen) atoms. The van der Waals surface area contributed by atoms with Crippen LogP contribution in [0.1, 0.15) is 65.1 Å². The van der Waals surface area contributed by atoms with E-state index in [9.17, 15) is 4.79 Å². The number of fused-ring (bicyclic) bond motifs is 1. The van der Waals surface area contributed by atoms with Crippen molar-refractivity contribution < 1.29 is 9.53 Å². The first kappa shape index (κ1) is 16.2. The van der Waals surface area contributed by atoms with E-state index in [2.05, 4.69) is 29.6 Å². The molecular weight excluding hydrogens is 310 g/mol. The Morgan fingerprint density at radius 3 is 2.32 bits per heavy atom. The van der Waals surface area contributed by atoms with Gasteiger partial charge in [0.25, 0.3) is 5.91 Å². The topological polar surface area (TPSA) is 38.3 Å². The molecule has 0 aliphatic heterocycles. The fraction of sp³-hybridized carbons (Fsp3) is 0.409. The molecule has 0 unspecified atom stereocenters. The number of rotatable bonds is 4. The van der Waals surface area contributed by atoms with Gasteiger partial charge in [-0.15, -0.1) is 0 Å². The molecule has 2 aromatic rings. The molecule has 2 aliphatic carbocycles. The van der Waals surface area contributed by atoms with Crippen molar-refractivity contribution in [3.8, 4) is 5.75 Å². The summed E-state index contributed by atoms with van der Waals surface area (Å²) in [5.74, 6) is 1.39. The highest BCUT2D eigenvalue weighted by Crippen LogP contribution is 2.40.